The minimum Gasteiger partial charge on any atom is -0.341 e. The molecule has 0 aliphatic rings. The van der Waals surface area contributed by atoms with Crippen LogP contribution in [0.2, 0.25) is 0 Å². The molecule has 0 aliphatic carbocycles. The van der Waals surface area contributed by atoms with Crippen molar-refractivity contribution >= 4 is 11.7 Å². The molecule has 1 N–H and O–H groups in total. The van der Waals surface area contributed by atoms with Gasteiger partial charge in [0.2, 0.25) is 0 Å². The molecule has 0 saturated carbocycles. The first-order chi connectivity index (χ1) is 11.2. The SMILES string of the molecule is Cc1cccnc1[C@@H](NC(=O)C(=O)c1c(C)nn(C)c1C)C(C)C. The fraction of sp³-hybridized carbons (Fsp3) is 0.444. The van der Waals surface area contributed by atoms with Crippen LogP contribution in [0.5, 0.6) is 0 Å². The van der Waals surface area contributed by atoms with Gasteiger partial charge in [-0.2, -0.15) is 5.10 Å². The first-order valence-corrected chi connectivity index (χ1v) is 8.01. The number of carbonyl (C=O) groups excluding carboxylic acids is 2. The lowest BCUT2D eigenvalue weighted by molar-refractivity contribution is -0.118. The highest BCUT2D eigenvalue weighted by Crippen LogP contribution is 2.23. The lowest BCUT2D eigenvalue weighted by Gasteiger charge is -2.23. The second kappa shape index (κ2) is 6.95. The Kier molecular flexibility index (Phi) is 5.17. The van der Waals surface area contributed by atoms with Crippen LogP contribution < -0.4 is 5.32 Å². The van der Waals surface area contributed by atoms with Crippen LogP contribution in [0, 0.1) is 26.7 Å². The molecular weight excluding hydrogens is 304 g/mol. The van der Waals surface area contributed by atoms with Crippen molar-refractivity contribution < 1.29 is 9.59 Å². The zero-order valence-corrected chi connectivity index (χ0v) is 15.0. The van der Waals surface area contributed by atoms with Gasteiger partial charge in [-0.3, -0.25) is 19.3 Å². The van der Waals surface area contributed by atoms with Crippen LogP contribution in [0.3, 0.4) is 0 Å². The average molecular weight is 328 g/mol. The summed E-state index contributed by atoms with van der Waals surface area (Å²) in [6.45, 7) is 9.44. The molecule has 0 unspecified atom stereocenters. The Hall–Kier alpha value is -2.50. The van der Waals surface area contributed by atoms with E-state index in [0.29, 0.717) is 17.0 Å². The van der Waals surface area contributed by atoms with Gasteiger partial charge < -0.3 is 5.32 Å². The molecule has 0 aromatic carbocycles. The fourth-order valence-corrected chi connectivity index (χ4v) is 2.80. The van der Waals surface area contributed by atoms with Crippen molar-refractivity contribution in [2.45, 2.75) is 40.7 Å². The molecule has 0 saturated heterocycles. The number of carbonyl (C=O) groups is 2. The van der Waals surface area contributed by atoms with E-state index in [-0.39, 0.29) is 12.0 Å². The summed E-state index contributed by atoms with van der Waals surface area (Å²) in [7, 11) is 1.76. The van der Waals surface area contributed by atoms with E-state index >= 15 is 0 Å². The number of aryl methyl sites for hydroxylation is 3. The van der Waals surface area contributed by atoms with E-state index in [0.717, 1.165) is 11.3 Å². The number of hydrogen-bond donors (Lipinski definition) is 1. The van der Waals surface area contributed by atoms with Crippen LogP contribution in [0.4, 0.5) is 0 Å². The van der Waals surface area contributed by atoms with Gasteiger partial charge in [-0.15, -0.1) is 0 Å². The van der Waals surface area contributed by atoms with Gasteiger partial charge in [0.1, 0.15) is 0 Å². The number of hydrogen-bond acceptors (Lipinski definition) is 4. The van der Waals surface area contributed by atoms with Gasteiger partial charge in [0.15, 0.2) is 0 Å². The van der Waals surface area contributed by atoms with Gasteiger partial charge in [0, 0.05) is 18.9 Å². The molecule has 2 heterocycles. The van der Waals surface area contributed by atoms with Crippen molar-refractivity contribution in [2.24, 2.45) is 13.0 Å². The number of nitrogens with zero attached hydrogens (tertiary/aromatic N) is 3. The maximum absolute atomic E-state index is 12.6. The Labute approximate surface area is 142 Å². The molecule has 6 nitrogen and oxygen atoms in total. The van der Waals surface area contributed by atoms with Crippen molar-refractivity contribution in [3.8, 4) is 0 Å². The van der Waals surface area contributed by atoms with E-state index < -0.39 is 11.7 Å². The van der Waals surface area contributed by atoms with Crippen LogP contribution in [-0.4, -0.2) is 26.5 Å². The Morgan fingerprint density at radius 1 is 1.21 bits per heavy atom. The van der Waals surface area contributed by atoms with Crippen LogP contribution >= 0.6 is 0 Å². The molecular formula is C18H24N4O2. The van der Waals surface area contributed by atoms with E-state index in [1.165, 1.54) is 0 Å². The van der Waals surface area contributed by atoms with Gasteiger partial charge in [-0.25, -0.2) is 0 Å². The number of Topliss-reactive ketones (excluding diaryl/α,β-unsaturated/α-hetero) is 1. The van der Waals surface area contributed by atoms with Crippen LogP contribution in [0.15, 0.2) is 18.3 Å². The first-order valence-electron chi connectivity index (χ1n) is 8.01. The predicted octanol–water partition coefficient (Wildman–Crippen LogP) is 2.44. The van der Waals surface area contributed by atoms with Crippen LogP contribution in [-0.2, 0) is 11.8 Å². The highest BCUT2D eigenvalue weighted by Gasteiger charge is 2.28. The average Bonchev–Trinajstić information content (AvgIpc) is 2.77. The Balaban J connectivity index is 2.29. The van der Waals surface area contributed by atoms with Crippen molar-refractivity contribution in [1.82, 2.24) is 20.1 Å². The Morgan fingerprint density at radius 2 is 1.88 bits per heavy atom. The zero-order chi connectivity index (χ0) is 18.0. The molecule has 0 fully saturated rings. The summed E-state index contributed by atoms with van der Waals surface area (Å²) in [5.41, 5.74) is 3.38. The second-order valence-corrected chi connectivity index (χ2v) is 6.40. The Bertz CT molecular complexity index is 777. The normalized spacial score (nSPS) is 12.3. The monoisotopic (exact) mass is 328 g/mol. The molecule has 1 amide bonds. The van der Waals surface area contributed by atoms with Crippen LogP contribution in [0.25, 0.3) is 0 Å². The number of aromatic nitrogens is 3. The highest BCUT2D eigenvalue weighted by atomic mass is 16.2. The molecule has 0 spiro atoms. The highest BCUT2D eigenvalue weighted by molar-refractivity contribution is 6.43. The summed E-state index contributed by atoms with van der Waals surface area (Å²) in [4.78, 5) is 29.5. The van der Waals surface area contributed by atoms with Crippen molar-refractivity contribution in [3.05, 3.63) is 46.5 Å². The summed E-state index contributed by atoms with van der Waals surface area (Å²) in [5, 5.41) is 7.05. The molecule has 24 heavy (non-hydrogen) atoms. The lowest BCUT2D eigenvalue weighted by Crippen LogP contribution is -2.37. The quantitative estimate of drug-likeness (QED) is 0.675. The number of pyridine rings is 1. The molecule has 2 rings (SSSR count). The summed E-state index contributed by atoms with van der Waals surface area (Å²) in [6, 6.07) is 3.48. The molecule has 6 heteroatoms. The molecule has 0 radical (unpaired) electrons. The first kappa shape index (κ1) is 17.8. The number of ketones is 1. The van der Waals surface area contributed by atoms with E-state index in [4.69, 9.17) is 0 Å². The predicted molar refractivity (Wildman–Crippen MR) is 91.7 cm³/mol. The van der Waals surface area contributed by atoms with Crippen molar-refractivity contribution in [3.63, 3.8) is 0 Å². The van der Waals surface area contributed by atoms with Crippen LogP contribution in [0.1, 0.15) is 52.9 Å². The minimum absolute atomic E-state index is 0.103. The van der Waals surface area contributed by atoms with E-state index in [1.54, 1.807) is 31.8 Å². The zero-order valence-electron chi connectivity index (χ0n) is 15.0. The van der Waals surface area contributed by atoms with Crippen molar-refractivity contribution in [2.75, 3.05) is 0 Å². The molecule has 1 atom stereocenters. The summed E-state index contributed by atoms with van der Waals surface area (Å²) < 4.78 is 1.61. The van der Waals surface area contributed by atoms with E-state index in [1.807, 2.05) is 32.9 Å². The molecule has 2 aromatic rings. The largest absolute Gasteiger partial charge is 0.341 e. The fourth-order valence-electron chi connectivity index (χ4n) is 2.80. The van der Waals surface area contributed by atoms with Gasteiger partial charge in [-0.1, -0.05) is 19.9 Å². The minimum atomic E-state index is -0.627. The van der Waals surface area contributed by atoms with Gasteiger partial charge in [0.05, 0.1) is 23.0 Å². The maximum Gasteiger partial charge on any atom is 0.293 e. The molecule has 0 aliphatic heterocycles. The molecule has 0 bridgehead atoms. The summed E-state index contributed by atoms with van der Waals surface area (Å²) >= 11 is 0. The number of amides is 1. The Morgan fingerprint density at radius 3 is 2.38 bits per heavy atom. The van der Waals surface area contributed by atoms with Gasteiger partial charge in [0.25, 0.3) is 11.7 Å². The number of rotatable bonds is 5. The summed E-state index contributed by atoms with van der Waals surface area (Å²) in [6.07, 6.45) is 1.70. The van der Waals surface area contributed by atoms with Gasteiger partial charge >= 0.3 is 0 Å². The second-order valence-electron chi connectivity index (χ2n) is 6.40. The van der Waals surface area contributed by atoms with E-state index in [2.05, 4.69) is 15.4 Å². The molecule has 2 aromatic heterocycles. The molecule has 128 valence electrons. The third-order valence-corrected chi connectivity index (χ3v) is 4.24. The topological polar surface area (TPSA) is 76.9 Å². The smallest absolute Gasteiger partial charge is 0.293 e. The lowest BCUT2D eigenvalue weighted by atomic mass is 9.96. The number of nitrogens with one attached hydrogen (secondary N) is 1. The third kappa shape index (κ3) is 3.37. The van der Waals surface area contributed by atoms with E-state index in [9.17, 15) is 9.59 Å². The van der Waals surface area contributed by atoms with Crippen molar-refractivity contribution in [1.29, 1.82) is 0 Å². The standard InChI is InChI=1S/C18H24N4O2/c1-10(2)15(16-11(3)8-7-9-19-16)20-18(24)17(23)14-12(4)21-22(6)13(14)5/h7-10,15H,1-6H3,(H,20,24)/t15-/m0/s1. The third-order valence-electron chi connectivity index (χ3n) is 4.24. The van der Waals surface area contributed by atoms with Gasteiger partial charge in [-0.05, 0) is 38.3 Å². The maximum atomic E-state index is 12.6. The summed E-state index contributed by atoms with van der Waals surface area (Å²) in [5.74, 6) is -1.08.